The molecule has 0 aliphatic rings. The fourth-order valence-corrected chi connectivity index (χ4v) is 2.14. The molecule has 1 amide bonds. The zero-order valence-electron chi connectivity index (χ0n) is 14.2. The highest BCUT2D eigenvalue weighted by molar-refractivity contribution is 6.04. The summed E-state index contributed by atoms with van der Waals surface area (Å²) in [5, 5.41) is 6.31. The summed E-state index contributed by atoms with van der Waals surface area (Å²) in [6.45, 7) is 1.72. The van der Waals surface area contributed by atoms with Gasteiger partial charge in [0.25, 0.3) is 5.91 Å². The number of hydrogen-bond donors (Lipinski definition) is 1. The van der Waals surface area contributed by atoms with E-state index in [1.165, 1.54) is 18.3 Å². The van der Waals surface area contributed by atoms with Gasteiger partial charge in [-0.3, -0.25) is 4.79 Å². The molecular weight excluding hydrogens is 354 g/mol. The molecule has 0 aliphatic heterocycles. The first-order chi connectivity index (χ1) is 13.0. The summed E-state index contributed by atoms with van der Waals surface area (Å²) in [6.07, 6.45) is 3.03. The number of nitrogens with one attached hydrogen (secondary N) is 1. The third-order valence-corrected chi connectivity index (χ3v) is 3.53. The summed E-state index contributed by atoms with van der Waals surface area (Å²) in [7, 11) is 0. The third-order valence-electron chi connectivity index (χ3n) is 3.53. The second-order valence-electron chi connectivity index (χ2n) is 5.42. The van der Waals surface area contributed by atoms with E-state index in [1.807, 2.05) is 0 Å². The van der Waals surface area contributed by atoms with Crippen LogP contribution in [-0.2, 0) is 0 Å². The number of anilines is 1. The van der Waals surface area contributed by atoms with Gasteiger partial charge in [0.05, 0.1) is 5.71 Å². The van der Waals surface area contributed by atoms with Crippen molar-refractivity contribution in [2.45, 2.75) is 6.92 Å². The first kappa shape index (κ1) is 18.1. The Bertz CT molecular complexity index is 957. The van der Waals surface area contributed by atoms with Crippen molar-refractivity contribution in [3.05, 3.63) is 83.7 Å². The zero-order chi connectivity index (χ0) is 19.2. The number of aromatic nitrogens is 2. The summed E-state index contributed by atoms with van der Waals surface area (Å²) in [5.41, 5.74) is 0.511. The molecule has 0 saturated heterocycles. The Labute approximate surface area is 153 Å². The molecule has 3 aromatic rings. The lowest BCUT2D eigenvalue weighted by Gasteiger charge is -2.07. The van der Waals surface area contributed by atoms with E-state index in [0.717, 1.165) is 12.1 Å². The number of hydrogen-bond acceptors (Lipinski definition) is 5. The van der Waals surface area contributed by atoms with Gasteiger partial charge >= 0.3 is 0 Å². The van der Waals surface area contributed by atoms with Crippen LogP contribution in [-0.4, -0.2) is 21.6 Å². The summed E-state index contributed by atoms with van der Waals surface area (Å²) >= 11 is 0. The maximum Gasteiger partial charge on any atom is 0.262 e. The average molecular weight is 368 g/mol. The lowest BCUT2D eigenvalue weighted by atomic mass is 10.2. The van der Waals surface area contributed by atoms with Crippen molar-refractivity contribution in [3.8, 4) is 5.88 Å². The van der Waals surface area contributed by atoms with E-state index >= 15 is 0 Å². The summed E-state index contributed by atoms with van der Waals surface area (Å²) < 4.78 is 27.3. The minimum atomic E-state index is -0.946. The molecule has 3 rings (SSSR count). The molecule has 1 N–H and O–H groups in total. The van der Waals surface area contributed by atoms with E-state index in [2.05, 4.69) is 20.4 Å². The second kappa shape index (κ2) is 8.13. The van der Waals surface area contributed by atoms with Gasteiger partial charge in [-0.1, -0.05) is 17.3 Å². The first-order valence-corrected chi connectivity index (χ1v) is 7.89. The largest absolute Gasteiger partial charge is 0.336 e. The lowest BCUT2D eigenvalue weighted by molar-refractivity contribution is 0.101. The van der Waals surface area contributed by atoms with Crippen LogP contribution in [0.2, 0.25) is 0 Å². The van der Waals surface area contributed by atoms with Gasteiger partial charge in [0.1, 0.15) is 23.0 Å². The molecule has 0 radical (unpaired) electrons. The molecule has 27 heavy (non-hydrogen) atoms. The number of pyridine rings is 2. The topological polar surface area (TPSA) is 76.5 Å². The molecule has 8 heteroatoms. The smallest absolute Gasteiger partial charge is 0.262 e. The molecule has 0 atom stereocenters. The fourth-order valence-electron chi connectivity index (χ4n) is 2.14. The molecule has 0 unspecified atom stereocenters. The molecular formula is C19H14F2N4O2. The highest BCUT2D eigenvalue weighted by atomic mass is 19.1. The number of amides is 1. The average Bonchev–Trinajstić information content (AvgIpc) is 2.67. The molecule has 0 fully saturated rings. The van der Waals surface area contributed by atoms with Crippen molar-refractivity contribution in [3.63, 3.8) is 0 Å². The number of oxime groups is 1. The lowest BCUT2D eigenvalue weighted by Crippen LogP contribution is -2.16. The van der Waals surface area contributed by atoms with E-state index in [1.54, 1.807) is 37.4 Å². The predicted molar refractivity (Wildman–Crippen MR) is 95.6 cm³/mol. The van der Waals surface area contributed by atoms with Gasteiger partial charge in [0.2, 0.25) is 5.88 Å². The molecule has 1 aromatic carbocycles. The number of carbonyl (C=O) groups excluding carboxylic acids is 1. The van der Waals surface area contributed by atoms with Crippen LogP contribution < -0.4 is 10.2 Å². The van der Waals surface area contributed by atoms with Gasteiger partial charge in [-0.25, -0.2) is 18.7 Å². The van der Waals surface area contributed by atoms with Crippen LogP contribution >= 0.6 is 0 Å². The van der Waals surface area contributed by atoms with Gasteiger partial charge in [0, 0.05) is 24.0 Å². The predicted octanol–water partition coefficient (Wildman–Crippen LogP) is 3.81. The molecule has 136 valence electrons. The van der Waals surface area contributed by atoms with Gasteiger partial charge in [-0.05, 0) is 37.3 Å². The van der Waals surface area contributed by atoms with Crippen LogP contribution in [0.1, 0.15) is 22.8 Å². The maximum atomic E-state index is 13.6. The Morgan fingerprint density at radius 2 is 1.81 bits per heavy atom. The Hall–Kier alpha value is -3.68. The van der Waals surface area contributed by atoms with E-state index in [4.69, 9.17) is 4.84 Å². The summed E-state index contributed by atoms with van der Waals surface area (Å²) in [5.74, 6) is -2.32. The van der Waals surface area contributed by atoms with Crippen molar-refractivity contribution < 1.29 is 18.4 Å². The minimum absolute atomic E-state index is 0.143. The first-order valence-electron chi connectivity index (χ1n) is 7.89. The highest BCUT2D eigenvalue weighted by Crippen LogP contribution is 2.15. The summed E-state index contributed by atoms with van der Waals surface area (Å²) in [4.78, 5) is 25.3. The molecule has 6 nitrogen and oxygen atoms in total. The number of halogens is 2. The SMILES string of the molecule is C/C(=N\Oc1ccccn1)c1ccc(NC(=O)c2c(F)cccc2F)nc1. The Kier molecular flexibility index (Phi) is 5.46. The van der Waals surface area contributed by atoms with Crippen LogP contribution in [0.5, 0.6) is 5.88 Å². The number of benzene rings is 1. The Balaban J connectivity index is 1.69. The van der Waals surface area contributed by atoms with Gasteiger partial charge in [-0.2, -0.15) is 0 Å². The van der Waals surface area contributed by atoms with E-state index < -0.39 is 23.1 Å². The minimum Gasteiger partial charge on any atom is -0.336 e. The Morgan fingerprint density at radius 1 is 1.04 bits per heavy atom. The van der Waals surface area contributed by atoms with Gasteiger partial charge < -0.3 is 10.2 Å². The van der Waals surface area contributed by atoms with E-state index in [-0.39, 0.29) is 5.82 Å². The quantitative estimate of drug-likeness (QED) is 0.549. The standard InChI is InChI=1S/C19H14F2N4O2/c1-12(25-27-17-7-2-3-10-22-17)13-8-9-16(23-11-13)24-19(26)18-14(20)5-4-6-15(18)21/h2-11H,1H3,(H,23,24,26)/b25-12+. The monoisotopic (exact) mass is 368 g/mol. The summed E-state index contributed by atoms with van der Waals surface area (Å²) in [6, 6.07) is 11.5. The molecule has 0 saturated carbocycles. The van der Waals surface area contributed by atoms with Crippen molar-refractivity contribution in [2.24, 2.45) is 5.16 Å². The Morgan fingerprint density at radius 3 is 2.44 bits per heavy atom. The number of carbonyl (C=O) groups is 1. The molecule has 0 bridgehead atoms. The normalized spacial score (nSPS) is 11.1. The second-order valence-corrected chi connectivity index (χ2v) is 5.42. The number of nitrogens with zero attached hydrogens (tertiary/aromatic N) is 3. The van der Waals surface area contributed by atoms with Crippen LogP contribution in [0, 0.1) is 11.6 Å². The maximum absolute atomic E-state index is 13.6. The third kappa shape index (κ3) is 4.49. The fraction of sp³-hybridized carbons (Fsp3) is 0.0526. The van der Waals surface area contributed by atoms with Crippen molar-refractivity contribution >= 4 is 17.4 Å². The van der Waals surface area contributed by atoms with Gasteiger partial charge in [0.15, 0.2) is 0 Å². The van der Waals surface area contributed by atoms with Crippen molar-refractivity contribution in [1.29, 1.82) is 0 Å². The van der Waals surface area contributed by atoms with E-state index in [0.29, 0.717) is 17.2 Å². The van der Waals surface area contributed by atoms with Crippen molar-refractivity contribution in [1.82, 2.24) is 9.97 Å². The van der Waals surface area contributed by atoms with Crippen LogP contribution in [0.25, 0.3) is 0 Å². The van der Waals surface area contributed by atoms with Crippen LogP contribution in [0.3, 0.4) is 0 Å². The zero-order valence-corrected chi connectivity index (χ0v) is 14.2. The molecule has 0 aliphatic carbocycles. The highest BCUT2D eigenvalue weighted by Gasteiger charge is 2.17. The van der Waals surface area contributed by atoms with E-state index in [9.17, 15) is 13.6 Å². The van der Waals surface area contributed by atoms with Crippen LogP contribution in [0.15, 0.2) is 66.1 Å². The number of rotatable bonds is 5. The van der Waals surface area contributed by atoms with Crippen LogP contribution in [0.4, 0.5) is 14.6 Å². The van der Waals surface area contributed by atoms with Crippen molar-refractivity contribution in [2.75, 3.05) is 5.32 Å². The molecule has 2 heterocycles. The van der Waals surface area contributed by atoms with Gasteiger partial charge in [-0.15, -0.1) is 0 Å². The molecule has 2 aromatic heterocycles. The molecule has 0 spiro atoms.